The summed E-state index contributed by atoms with van der Waals surface area (Å²) >= 11 is 0. The lowest BCUT2D eigenvalue weighted by molar-refractivity contribution is -0.143. The summed E-state index contributed by atoms with van der Waals surface area (Å²) in [6.45, 7) is 6.80. The van der Waals surface area contributed by atoms with Crippen LogP contribution < -0.4 is 20.7 Å². The number of halogens is 12. The molecule has 0 bridgehead atoms. The first-order chi connectivity index (χ1) is 33.4. The van der Waals surface area contributed by atoms with Gasteiger partial charge in [-0.1, -0.05) is 108 Å². The summed E-state index contributed by atoms with van der Waals surface area (Å²) < 4.78 is 179. The highest BCUT2D eigenvalue weighted by Crippen LogP contribution is 2.47. The van der Waals surface area contributed by atoms with Crippen molar-refractivity contribution < 1.29 is 52.7 Å². The van der Waals surface area contributed by atoms with E-state index >= 15 is 26.3 Å². The number of rotatable bonds is 6. The van der Waals surface area contributed by atoms with Crippen LogP contribution in [0.1, 0.15) is 44.5 Å². The first-order valence-electron chi connectivity index (χ1n) is 22.2. The zero-order chi connectivity index (χ0) is 50.7. The van der Waals surface area contributed by atoms with Crippen molar-refractivity contribution in [3.05, 3.63) is 202 Å². The topological polar surface area (TPSA) is 9.86 Å². The predicted molar refractivity (Wildman–Crippen MR) is 258 cm³/mol. The molecule has 0 fully saturated rings. The van der Waals surface area contributed by atoms with E-state index in [1.54, 1.807) is 100 Å². The Labute approximate surface area is 399 Å². The number of aryl methyl sites for hydroxylation is 4. The van der Waals surface area contributed by atoms with Gasteiger partial charge in [0, 0.05) is 32.9 Å². The van der Waals surface area contributed by atoms with Crippen LogP contribution in [0.15, 0.2) is 158 Å². The molecule has 360 valence electrons. The van der Waals surface area contributed by atoms with E-state index < -0.39 is 66.1 Å². The summed E-state index contributed by atoms with van der Waals surface area (Å²) in [5.74, 6) is 0. The van der Waals surface area contributed by atoms with Crippen LogP contribution in [0, 0.1) is 27.7 Å². The van der Waals surface area contributed by atoms with Crippen LogP contribution in [0.4, 0.5) is 52.7 Å². The minimum Gasteiger partial charge on any atom is -0.308 e. The monoisotopic (exact) mass is 994 g/mol. The Morgan fingerprint density at radius 1 is 0.324 bits per heavy atom. The van der Waals surface area contributed by atoms with E-state index in [1.807, 2.05) is 60.7 Å². The molecule has 10 rings (SSSR count). The van der Waals surface area contributed by atoms with Crippen LogP contribution in [-0.4, -0.2) is 17.2 Å². The van der Waals surface area contributed by atoms with Crippen molar-refractivity contribution >= 4 is 72.4 Å². The van der Waals surface area contributed by atoms with Gasteiger partial charge in [-0.15, -0.1) is 0 Å². The Kier molecular flexibility index (Phi) is 11.0. The van der Waals surface area contributed by atoms with Crippen LogP contribution >= 0.6 is 0 Å². The molecular formula is C56H38F12N2Si. The van der Waals surface area contributed by atoms with E-state index in [-0.39, 0.29) is 45.1 Å². The Balaban J connectivity index is 1.23. The summed E-state index contributed by atoms with van der Waals surface area (Å²) in [5.41, 5.74) is -3.19. The van der Waals surface area contributed by atoms with Gasteiger partial charge in [0.05, 0.1) is 44.3 Å². The molecule has 10 aromatic rings. The third-order valence-electron chi connectivity index (χ3n) is 13.4. The number of hydrogen-bond acceptors (Lipinski definition) is 0. The Hall–Kier alpha value is -7.26. The summed E-state index contributed by atoms with van der Waals surface area (Å²) in [7, 11) is -3.53. The lowest BCUT2D eigenvalue weighted by Gasteiger charge is -2.34. The van der Waals surface area contributed by atoms with Crippen molar-refractivity contribution in [1.82, 2.24) is 9.13 Å². The van der Waals surface area contributed by atoms with Gasteiger partial charge in [-0.05, 0) is 120 Å². The van der Waals surface area contributed by atoms with Crippen LogP contribution in [-0.2, 0) is 24.7 Å². The molecule has 0 atom stereocenters. The quantitative estimate of drug-likeness (QED) is 0.0893. The highest BCUT2D eigenvalue weighted by atomic mass is 28.3. The molecule has 15 heteroatoms. The lowest BCUT2D eigenvalue weighted by Crippen LogP contribution is -2.74. The van der Waals surface area contributed by atoms with Crippen LogP contribution in [0.3, 0.4) is 0 Å². The zero-order valence-corrected chi connectivity index (χ0v) is 38.9. The molecule has 2 nitrogen and oxygen atoms in total. The van der Waals surface area contributed by atoms with Gasteiger partial charge in [0.25, 0.3) is 0 Å². The maximum Gasteiger partial charge on any atom is 0.418 e. The minimum absolute atomic E-state index is 0.145. The lowest BCUT2D eigenvalue weighted by atomic mass is 10.0. The normalized spacial score (nSPS) is 13.1. The molecule has 0 saturated heterocycles. The fraction of sp³-hybridized carbons (Fsp3) is 0.143. The SMILES string of the molecule is Cc1cc(C)c2c(c1)c1cc(C(F)(F)F)cc(C(F)(F)F)c1n2-c1ccc([Si](c2ccccc2)(c2ccccc2)c2ccc(-n3c4c(C)cc(C)cc4c4cc(C(F)(F)F)cc(C(F)(F)F)c43)cc2)cc1. The molecule has 0 radical (unpaired) electrons. The van der Waals surface area contributed by atoms with Gasteiger partial charge >= 0.3 is 24.7 Å². The van der Waals surface area contributed by atoms with Crippen molar-refractivity contribution in [2.24, 2.45) is 0 Å². The molecule has 0 aliphatic heterocycles. The molecule has 2 heterocycles. The Bertz CT molecular complexity index is 3470. The van der Waals surface area contributed by atoms with E-state index in [9.17, 15) is 26.3 Å². The first-order valence-corrected chi connectivity index (χ1v) is 24.2. The molecule has 0 aliphatic rings. The molecule has 0 spiro atoms. The number of alkyl halides is 12. The number of hydrogen-bond donors (Lipinski definition) is 0. The zero-order valence-electron chi connectivity index (χ0n) is 37.9. The molecule has 0 amide bonds. The molecule has 8 aromatic carbocycles. The van der Waals surface area contributed by atoms with Crippen LogP contribution in [0.25, 0.3) is 55.0 Å². The van der Waals surface area contributed by atoms with Crippen LogP contribution in [0.2, 0.25) is 0 Å². The van der Waals surface area contributed by atoms with Crippen LogP contribution in [0.5, 0.6) is 0 Å². The van der Waals surface area contributed by atoms with E-state index in [2.05, 4.69) is 0 Å². The fourth-order valence-corrected chi connectivity index (χ4v) is 15.4. The fourth-order valence-electron chi connectivity index (χ4n) is 10.7. The second-order valence-electron chi connectivity index (χ2n) is 18.0. The smallest absolute Gasteiger partial charge is 0.308 e. The average molecular weight is 995 g/mol. The molecular weight excluding hydrogens is 957 g/mol. The minimum atomic E-state index is -5.18. The maximum atomic E-state index is 15.0. The van der Waals surface area contributed by atoms with Gasteiger partial charge in [-0.3, -0.25) is 0 Å². The number of nitrogens with zero attached hydrogens (tertiary/aromatic N) is 2. The van der Waals surface area contributed by atoms with Crippen molar-refractivity contribution in [2.45, 2.75) is 52.4 Å². The molecule has 0 saturated carbocycles. The van der Waals surface area contributed by atoms with Gasteiger partial charge in [-0.2, -0.15) is 52.7 Å². The molecule has 0 unspecified atom stereocenters. The molecule has 0 aliphatic carbocycles. The second-order valence-corrected chi connectivity index (χ2v) is 21.8. The number of benzene rings is 8. The van der Waals surface area contributed by atoms with E-state index in [1.165, 1.54) is 9.13 Å². The van der Waals surface area contributed by atoms with E-state index in [4.69, 9.17) is 0 Å². The van der Waals surface area contributed by atoms with Gasteiger partial charge in [0.15, 0.2) is 8.07 Å². The Morgan fingerprint density at radius 2 is 0.634 bits per heavy atom. The Morgan fingerprint density at radius 3 is 0.944 bits per heavy atom. The van der Waals surface area contributed by atoms with Gasteiger partial charge in [0.1, 0.15) is 0 Å². The molecule has 71 heavy (non-hydrogen) atoms. The summed E-state index contributed by atoms with van der Waals surface area (Å²) in [5, 5.41) is 3.18. The average Bonchev–Trinajstić information content (AvgIpc) is 3.82. The predicted octanol–water partition coefficient (Wildman–Crippen LogP) is 14.6. The van der Waals surface area contributed by atoms with E-state index in [0.717, 1.165) is 32.9 Å². The number of fused-ring (bicyclic) bond motifs is 6. The highest BCUT2D eigenvalue weighted by molar-refractivity contribution is 7.19. The van der Waals surface area contributed by atoms with Gasteiger partial charge in [-0.25, -0.2) is 0 Å². The van der Waals surface area contributed by atoms with E-state index in [0.29, 0.717) is 33.3 Å². The van der Waals surface area contributed by atoms with Gasteiger partial charge < -0.3 is 9.13 Å². The summed E-state index contributed by atoms with van der Waals surface area (Å²) in [6.07, 6.45) is -20.5. The largest absolute Gasteiger partial charge is 0.418 e. The summed E-state index contributed by atoms with van der Waals surface area (Å²) in [6, 6.07) is 41.1. The first kappa shape index (κ1) is 47.4. The standard InChI is InChI=1S/C56H38F12N2Si/c1-31-23-33(3)49-43(25-31)45-27-35(53(57,58)59)29-47(55(63,64)65)51(45)69(49)37-15-19-41(20-16-37)71(39-11-7-5-8-12-39,40-13-9-6-10-14-40)42-21-17-38(18-22-42)70-50-34(4)24-32(2)26-44(50)46-28-36(54(60,61)62)30-48(52(46)70)56(66,67)68/h5-30H,1-4H3. The summed E-state index contributed by atoms with van der Waals surface area (Å²) in [4.78, 5) is 0. The maximum absolute atomic E-state index is 15.0. The third-order valence-corrected chi connectivity index (χ3v) is 18.2. The number of aromatic nitrogens is 2. The van der Waals surface area contributed by atoms with Crippen molar-refractivity contribution in [1.29, 1.82) is 0 Å². The second kappa shape index (κ2) is 16.4. The molecule has 0 N–H and O–H groups in total. The van der Waals surface area contributed by atoms with Crippen molar-refractivity contribution in [3.8, 4) is 11.4 Å². The van der Waals surface area contributed by atoms with Crippen molar-refractivity contribution in [2.75, 3.05) is 0 Å². The van der Waals surface area contributed by atoms with Crippen molar-refractivity contribution in [3.63, 3.8) is 0 Å². The molecule has 2 aromatic heterocycles. The van der Waals surface area contributed by atoms with Gasteiger partial charge in [0.2, 0.25) is 0 Å². The third kappa shape index (κ3) is 7.76. The highest BCUT2D eigenvalue weighted by Gasteiger charge is 2.44.